The Bertz CT molecular complexity index is 709. The van der Waals surface area contributed by atoms with Crippen molar-refractivity contribution < 1.29 is 39.5 Å². The van der Waals surface area contributed by atoms with Crippen LogP contribution in [0.1, 0.15) is 6.92 Å². The summed E-state index contributed by atoms with van der Waals surface area (Å²) in [5, 5.41) is 8.89. The minimum atomic E-state index is -1.08. The number of hydrogen-bond acceptors (Lipinski definition) is 5. The van der Waals surface area contributed by atoms with E-state index in [4.69, 9.17) is 9.90 Å². The zero-order valence-electron chi connectivity index (χ0n) is 11.5. The van der Waals surface area contributed by atoms with Gasteiger partial charge in [-0.15, -0.1) is 0 Å². The second-order valence-corrected chi connectivity index (χ2v) is 3.73. The van der Waals surface area contributed by atoms with Crippen LogP contribution in [0.5, 0.6) is 0 Å². The van der Waals surface area contributed by atoms with Crippen molar-refractivity contribution in [3.8, 4) is 0 Å². The third-order valence-corrected chi connectivity index (χ3v) is 2.32. The Morgan fingerprint density at radius 1 is 1.21 bits per heavy atom. The summed E-state index contributed by atoms with van der Waals surface area (Å²) in [6.45, 7) is 0.972. The predicted octanol–water partition coefficient (Wildman–Crippen LogP) is -5.27. The van der Waals surface area contributed by atoms with Crippen LogP contribution >= 0.6 is 0 Å². The summed E-state index contributed by atoms with van der Waals surface area (Å²) in [7, 11) is 4.77. The van der Waals surface area contributed by atoms with Gasteiger partial charge in [0.05, 0.1) is 6.33 Å². The minimum absolute atomic E-state index is 0. The molecule has 0 aliphatic rings. The van der Waals surface area contributed by atoms with Gasteiger partial charge in [0.25, 0.3) is 5.56 Å². The Labute approximate surface area is 130 Å². The largest absolute Gasteiger partial charge is 1.00 e. The number of rotatable bonds is 0. The molecular weight excluding hydrogens is 263 g/mol. The van der Waals surface area contributed by atoms with E-state index in [0.29, 0.717) is 11.2 Å². The van der Waals surface area contributed by atoms with E-state index in [2.05, 4.69) is 4.98 Å². The molecule has 2 aromatic heterocycles. The maximum absolute atomic E-state index is 11.7. The van der Waals surface area contributed by atoms with Crippen LogP contribution in [0.3, 0.4) is 0 Å². The molecule has 0 aliphatic carbocycles. The summed E-state index contributed by atoms with van der Waals surface area (Å²) in [6.07, 6.45) is 1.52. The van der Waals surface area contributed by atoms with Gasteiger partial charge in [-0.05, 0) is 6.92 Å². The molecule has 0 spiro atoms. The number of aromatic nitrogens is 4. The fourth-order valence-corrected chi connectivity index (χ4v) is 1.47. The molecule has 0 unspecified atom stereocenters. The number of nitrogens with zero attached hydrogens (tertiary/aromatic N) is 4. The molecule has 0 aromatic carbocycles. The summed E-state index contributed by atoms with van der Waals surface area (Å²) in [5.74, 6) is -1.08. The van der Waals surface area contributed by atoms with Crippen molar-refractivity contribution in [2.24, 2.45) is 21.1 Å². The monoisotopic (exact) mass is 276 g/mol. The Hall–Kier alpha value is -1.38. The number of imidazole rings is 1. The van der Waals surface area contributed by atoms with Crippen molar-refractivity contribution in [1.82, 2.24) is 18.7 Å². The van der Waals surface area contributed by atoms with E-state index in [-0.39, 0.29) is 40.8 Å². The molecule has 0 bridgehead atoms. The normalized spacial score (nSPS) is 9.47. The van der Waals surface area contributed by atoms with E-state index < -0.39 is 5.97 Å². The Kier molecular flexibility index (Phi) is 6.20. The average molecular weight is 276 g/mol. The number of hydrogen-bond donors (Lipinski definition) is 0. The first-order valence-electron chi connectivity index (χ1n) is 5.02. The van der Waals surface area contributed by atoms with E-state index in [1.165, 1.54) is 17.9 Å². The maximum atomic E-state index is 11.7. The Morgan fingerprint density at radius 2 is 1.68 bits per heavy atom. The van der Waals surface area contributed by atoms with Gasteiger partial charge in [0.15, 0.2) is 11.2 Å². The molecule has 8 nitrogen and oxygen atoms in total. The van der Waals surface area contributed by atoms with Crippen molar-refractivity contribution in [3.05, 3.63) is 27.2 Å². The second-order valence-electron chi connectivity index (χ2n) is 3.73. The van der Waals surface area contributed by atoms with Crippen LogP contribution in [0.2, 0.25) is 0 Å². The van der Waals surface area contributed by atoms with Gasteiger partial charge < -0.3 is 14.5 Å². The smallest absolute Gasteiger partial charge is 0.550 e. The molecule has 0 atom stereocenters. The fraction of sp³-hybridized carbons (Fsp3) is 0.400. The van der Waals surface area contributed by atoms with Crippen molar-refractivity contribution in [1.29, 1.82) is 0 Å². The van der Waals surface area contributed by atoms with Crippen molar-refractivity contribution in [2.75, 3.05) is 0 Å². The Morgan fingerprint density at radius 3 is 2.16 bits per heavy atom. The summed E-state index contributed by atoms with van der Waals surface area (Å²) >= 11 is 0. The fourth-order valence-electron chi connectivity index (χ4n) is 1.47. The molecule has 2 heterocycles. The first-order chi connectivity index (χ1) is 8.27. The van der Waals surface area contributed by atoms with Gasteiger partial charge in [-0.1, -0.05) is 0 Å². The van der Waals surface area contributed by atoms with Crippen molar-refractivity contribution >= 4 is 17.1 Å². The summed E-state index contributed by atoms with van der Waals surface area (Å²) in [5.41, 5.74) is 0.180. The molecule has 0 radical (unpaired) electrons. The molecule has 0 saturated heterocycles. The molecule has 0 fully saturated rings. The van der Waals surface area contributed by atoms with Crippen LogP contribution in [0.25, 0.3) is 11.2 Å². The van der Waals surface area contributed by atoms with Gasteiger partial charge in [0, 0.05) is 27.1 Å². The first-order valence-corrected chi connectivity index (χ1v) is 5.02. The zero-order chi connectivity index (χ0) is 14.0. The van der Waals surface area contributed by atoms with Crippen LogP contribution in [0.15, 0.2) is 15.9 Å². The van der Waals surface area contributed by atoms with Gasteiger partial charge in [-0.3, -0.25) is 13.9 Å². The molecule has 2 rings (SSSR count). The number of carboxylic acids is 1. The molecule has 2 aromatic rings. The van der Waals surface area contributed by atoms with E-state index in [1.54, 1.807) is 18.7 Å². The van der Waals surface area contributed by atoms with Crippen LogP contribution in [-0.2, 0) is 25.9 Å². The third kappa shape index (κ3) is 3.55. The van der Waals surface area contributed by atoms with Gasteiger partial charge in [-0.2, -0.15) is 0 Å². The Balaban J connectivity index is 0.000000576. The van der Waals surface area contributed by atoms with Gasteiger partial charge in [-0.25, -0.2) is 9.78 Å². The zero-order valence-corrected chi connectivity index (χ0v) is 13.5. The number of aliphatic carboxylic acids is 1. The number of carboxylic acid groups (broad SMARTS) is 1. The van der Waals surface area contributed by atoms with Crippen molar-refractivity contribution in [2.45, 2.75) is 6.92 Å². The molecule has 0 saturated carbocycles. The quantitative estimate of drug-likeness (QED) is 0.447. The van der Waals surface area contributed by atoms with Gasteiger partial charge >= 0.3 is 35.2 Å². The van der Waals surface area contributed by atoms with E-state index in [9.17, 15) is 9.59 Å². The minimum Gasteiger partial charge on any atom is -0.550 e. The molecule has 98 valence electrons. The van der Waals surface area contributed by atoms with Crippen LogP contribution in [0.4, 0.5) is 0 Å². The van der Waals surface area contributed by atoms with Crippen LogP contribution in [-0.4, -0.2) is 24.7 Å². The van der Waals surface area contributed by atoms with Crippen LogP contribution < -0.4 is 45.9 Å². The molecular formula is C10H13N4NaO4. The topological polar surface area (TPSA) is 102 Å². The molecule has 0 N–H and O–H groups in total. The summed E-state index contributed by atoms with van der Waals surface area (Å²) < 4.78 is 4.04. The number of carbonyl (C=O) groups excluding carboxylic acids is 1. The predicted molar refractivity (Wildman–Crippen MR) is 61.9 cm³/mol. The molecule has 9 heteroatoms. The SMILES string of the molecule is CC(=O)[O-].Cn1c(=O)c2c(ncn2C)n(C)c1=O.[Na+]. The summed E-state index contributed by atoms with van der Waals surface area (Å²) in [6, 6.07) is 0. The van der Waals surface area contributed by atoms with Crippen LogP contribution in [0, 0.1) is 0 Å². The molecule has 0 amide bonds. The molecule has 0 aliphatic heterocycles. The van der Waals surface area contributed by atoms with E-state index >= 15 is 0 Å². The number of aryl methyl sites for hydroxylation is 2. The summed E-state index contributed by atoms with van der Waals surface area (Å²) in [4.78, 5) is 36.0. The maximum Gasteiger partial charge on any atom is 1.00 e. The number of fused-ring (bicyclic) bond motifs is 1. The molecule has 19 heavy (non-hydrogen) atoms. The van der Waals surface area contributed by atoms with Crippen molar-refractivity contribution in [3.63, 3.8) is 0 Å². The third-order valence-electron chi connectivity index (χ3n) is 2.32. The number of carbonyl (C=O) groups is 1. The van der Waals surface area contributed by atoms with Gasteiger partial charge in [0.2, 0.25) is 0 Å². The first kappa shape index (κ1) is 17.6. The van der Waals surface area contributed by atoms with E-state index in [1.807, 2.05) is 0 Å². The van der Waals surface area contributed by atoms with Gasteiger partial charge in [0.1, 0.15) is 0 Å². The standard InChI is InChI=1S/C8H10N4O2.C2H4O2.Na/c1-10-4-9-6-5(10)7(13)12(3)8(14)11(6)2;1-2(3)4;/h4H,1-3H3;1H3,(H,3,4);/q;;+1/p-1. The van der Waals surface area contributed by atoms with E-state index in [0.717, 1.165) is 11.5 Å². The second kappa shape index (κ2) is 6.69. The average Bonchev–Trinajstić information content (AvgIpc) is 2.65.